The summed E-state index contributed by atoms with van der Waals surface area (Å²) in [6.07, 6.45) is 1.64. The maximum Gasteiger partial charge on any atom is 0.271 e. The van der Waals surface area contributed by atoms with Crippen LogP contribution < -0.4 is 10.2 Å². The van der Waals surface area contributed by atoms with Gasteiger partial charge in [-0.05, 0) is 52.2 Å². The standard InChI is InChI=1S/C25H20N2O2/c28-25(27-26-17-20-10-11-21-8-4-5-9-23(21)16-20)22-12-14-24(15-13-22)29-18-19-6-2-1-3-7-19/h1-17H,18H2,(H,27,28). The number of ether oxygens (including phenoxy) is 1. The third kappa shape index (κ3) is 4.87. The topological polar surface area (TPSA) is 50.7 Å². The van der Waals surface area contributed by atoms with Crippen molar-refractivity contribution in [1.29, 1.82) is 0 Å². The fraction of sp³-hybridized carbons (Fsp3) is 0.0400. The SMILES string of the molecule is O=C(NN=Cc1ccc2ccccc2c1)c1ccc(OCc2ccccc2)cc1. The lowest BCUT2D eigenvalue weighted by Crippen LogP contribution is -2.17. The van der Waals surface area contributed by atoms with E-state index in [1.807, 2.05) is 66.7 Å². The quantitative estimate of drug-likeness (QED) is 0.370. The summed E-state index contributed by atoms with van der Waals surface area (Å²) in [6.45, 7) is 0.489. The van der Waals surface area contributed by atoms with Crippen molar-refractivity contribution in [2.75, 3.05) is 0 Å². The van der Waals surface area contributed by atoms with Crippen LogP contribution in [0.2, 0.25) is 0 Å². The van der Waals surface area contributed by atoms with Crippen LogP contribution in [0.4, 0.5) is 0 Å². The zero-order chi connectivity index (χ0) is 19.9. The van der Waals surface area contributed by atoms with E-state index >= 15 is 0 Å². The first-order chi connectivity index (χ1) is 14.3. The average Bonchev–Trinajstić information content (AvgIpc) is 2.78. The Kier molecular flexibility index (Phi) is 5.63. The molecule has 0 aromatic heterocycles. The van der Waals surface area contributed by atoms with Gasteiger partial charge in [0, 0.05) is 5.56 Å². The molecule has 4 aromatic rings. The van der Waals surface area contributed by atoms with E-state index in [1.54, 1.807) is 30.5 Å². The van der Waals surface area contributed by atoms with Gasteiger partial charge in [0.25, 0.3) is 5.91 Å². The maximum absolute atomic E-state index is 12.3. The van der Waals surface area contributed by atoms with E-state index in [0.29, 0.717) is 17.9 Å². The highest BCUT2D eigenvalue weighted by Crippen LogP contribution is 2.15. The molecule has 0 radical (unpaired) electrons. The molecule has 0 saturated carbocycles. The van der Waals surface area contributed by atoms with Gasteiger partial charge in [0.05, 0.1) is 6.21 Å². The first-order valence-corrected chi connectivity index (χ1v) is 9.37. The van der Waals surface area contributed by atoms with Crippen LogP contribution >= 0.6 is 0 Å². The molecule has 4 nitrogen and oxygen atoms in total. The van der Waals surface area contributed by atoms with Crippen LogP contribution in [0, 0.1) is 0 Å². The van der Waals surface area contributed by atoms with Gasteiger partial charge in [-0.15, -0.1) is 0 Å². The Bertz CT molecular complexity index is 1140. The molecule has 1 N–H and O–H groups in total. The van der Waals surface area contributed by atoms with Gasteiger partial charge in [-0.2, -0.15) is 5.10 Å². The van der Waals surface area contributed by atoms with Crippen LogP contribution in [0.5, 0.6) is 5.75 Å². The van der Waals surface area contributed by atoms with Gasteiger partial charge < -0.3 is 4.74 Å². The molecule has 142 valence electrons. The second-order valence-electron chi connectivity index (χ2n) is 6.60. The third-order valence-electron chi connectivity index (χ3n) is 4.52. The summed E-state index contributed by atoms with van der Waals surface area (Å²) in [4.78, 5) is 12.3. The largest absolute Gasteiger partial charge is 0.489 e. The van der Waals surface area contributed by atoms with E-state index in [-0.39, 0.29) is 5.91 Å². The molecule has 0 spiro atoms. The van der Waals surface area contributed by atoms with Gasteiger partial charge in [-0.1, -0.05) is 66.7 Å². The van der Waals surface area contributed by atoms with E-state index in [9.17, 15) is 4.79 Å². The molecule has 4 heteroatoms. The molecule has 29 heavy (non-hydrogen) atoms. The van der Waals surface area contributed by atoms with Gasteiger partial charge in [0.1, 0.15) is 12.4 Å². The predicted molar refractivity (Wildman–Crippen MR) is 116 cm³/mol. The number of fused-ring (bicyclic) bond motifs is 1. The summed E-state index contributed by atoms with van der Waals surface area (Å²) in [6, 6.07) is 31.1. The molecule has 0 fully saturated rings. The second kappa shape index (κ2) is 8.85. The van der Waals surface area contributed by atoms with Crippen LogP contribution in [0.1, 0.15) is 21.5 Å². The van der Waals surface area contributed by atoms with Crippen LogP contribution in [-0.2, 0) is 6.61 Å². The summed E-state index contributed by atoms with van der Waals surface area (Å²) in [7, 11) is 0. The van der Waals surface area contributed by atoms with Crippen molar-refractivity contribution < 1.29 is 9.53 Å². The summed E-state index contributed by atoms with van der Waals surface area (Å²) < 4.78 is 5.74. The Morgan fingerprint density at radius 2 is 1.55 bits per heavy atom. The lowest BCUT2D eigenvalue weighted by molar-refractivity contribution is 0.0955. The van der Waals surface area contributed by atoms with Gasteiger partial charge in [-0.25, -0.2) is 5.43 Å². The molecular weight excluding hydrogens is 360 g/mol. The molecule has 0 unspecified atom stereocenters. The Morgan fingerprint density at radius 3 is 2.34 bits per heavy atom. The van der Waals surface area contributed by atoms with Crippen LogP contribution in [0.15, 0.2) is 102 Å². The predicted octanol–water partition coefficient (Wildman–Crippen LogP) is 5.18. The normalized spacial score (nSPS) is 10.9. The van der Waals surface area contributed by atoms with E-state index in [4.69, 9.17) is 4.74 Å². The number of hydrogen-bond acceptors (Lipinski definition) is 3. The van der Waals surface area contributed by atoms with E-state index < -0.39 is 0 Å². The van der Waals surface area contributed by atoms with Crippen molar-refractivity contribution >= 4 is 22.9 Å². The molecule has 0 heterocycles. The highest BCUT2D eigenvalue weighted by Gasteiger charge is 2.04. The van der Waals surface area contributed by atoms with Gasteiger partial charge in [0.2, 0.25) is 0 Å². The highest BCUT2D eigenvalue weighted by atomic mass is 16.5. The van der Waals surface area contributed by atoms with Crippen molar-refractivity contribution in [3.05, 3.63) is 114 Å². The molecule has 0 bridgehead atoms. The Balaban J connectivity index is 1.33. The summed E-state index contributed by atoms with van der Waals surface area (Å²) >= 11 is 0. The lowest BCUT2D eigenvalue weighted by Gasteiger charge is -2.07. The first-order valence-electron chi connectivity index (χ1n) is 9.37. The zero-order valence-electron chi connectivity index (χ0n) is 15.8. The molecule has 0 aliphatic rings. The number of nitrogens with zero attached hydrogens (tertiary/aromatic N) is 1. The van der Waals surface area contributed by atoms with Crippen LogP contribution in [0.3, 0.4) is 0 Å². The molecular formula is C25H20N2O2. The molecule has 1 amide bonds. The van der Waals surface area contributed by atoms with Gasteiger partial charge in [0.15, 0.2) is 0 Å². The summed E-state index contributed by atoms with van der Waals surface area (Å²) in [5.41, 5.74) is 5.10. The molecule has 0 aliphatic heterocycles. The smallest absolute Gasteiger partial charge is 0.271 e. The summed E-state index contributed by atoms with van der Waals surface area (Å²) in [5.74, 6) is 0.446. The van der Waals surface area contributed by atoms with E-state index in [2.05, 4.69) is 16.6 Å². The molecule has 4 rings (SSSR count). The third-order valence-corrected chi connectivity index (χ3v) is 4.52. The number of amides is 1. The Labute approximate surface area is 169 Å². The Hall–Kier alpha value is -3.92. The molecule has 4 aromatic carbocycles. The zero-order valence-corrected chi connectivity index (χ0v) is 15.8. The van der Waals surface area contributed by atoms with Gasteiger partial charge in [-0.3, -0.25) is 4.79 Å². The second-order valence-corrected chi connectivity index (χ2v) is 6.60. The number of carbonyl (C=O) groups excluding carboxylic acids is 1. The fourth-order valence-corrected chi connectivity index (χ4v) is 2.96. The van der Waals surface area contributed by atoms with Gasteiger partial charge >= 0.3 is 0 Å². The monoisotopic (exact) mass is 380 g/mol. The summed E-state index contributed by atoms with van der Waals surface area (Å²) in [5, 5.41) is 6.37. The number of benzene rings is 4. The van der Waals surface area contributed by atoms with E-state index in [0.717, 1.165) is 16.5 Å². The minimum atomic E-state index is -0.267. The van der Waals surface area contributed by atoms with Crippen molar-refractivity contribution in [1.82, 2.24) is 5.43 Å². The maximum atomic E-state index is 12.3. The molecule has 0 atom stereocenters. The minimum Gasteiger partial charge on any atom is -0.489 e. The van der Waals surface area contributed by atoms with E-state index in [1.165, 1.54) is 5.39 Å². The molecule has 0 saturated heterocycles. The number of carbonyl (C=O) groups is 1. The first kappa shape index (κ1) is 18.4. The lowest BCUT2D eigenvalue weighted by atomic mass is 10.1. The number of nitrogens with one attached hydrogen (secondary N) is 1. The highest BCUT2D eigenvalue weighted by molar-refractivity contribution is 5.95. The van der Waals surface area contributed by atoms with Crippen molar-refractivity contribution in [2.45, 2.75) is 6.61 Å². The van der Waals surface area contributed by atoms with Crippen LogP contribution in [-0.4, -0.2) is 12.1 Å². The van der Waals surface area contributed by atoms with Crippen LogP contribution in [0.25, 0.3) is 10.8 Å². The van der Waals surface area contributed by atoms with Crippen molar-refractivity contribution in [2.24, 2.45) is 5.10 Å². The average molecular weight is 380 g/mol. The van der Waals surface area contributed by atoms with Crippen molar-refractivity contribution in [3.63, 3.8) is 0 Å². The molecule has 0 aliphatic carbocycles. The fourth-order valence-electron chi connectivity index (χ4n) is 2.96. The minimum absolute atomic E-state index is 0.267. The number of hydrazone groups is 1. The van der Waals surface area contributed by atoms with Crippen molar-refractivity contribution in [3.8, 4) is 5.75 Å². The number of rotatable bonds is 6. The Morgan fingerprint density at radius 1 is 0.828 bits per heavy atom. The number of hydrogen-bond donors (Lipinski definition) is 1.